The van der Waals surface area contributed by atoms with Crippen LogP contribution in [-0.4, -0.2) is 17.0 Å². The Hall–Kier alpha value is -1.86. The van der Waals surface area contributed by atoms with Crippen molar-refractivity contribution in [2.24, 2.45) is 0 Å². The van der Waals surface area contributed by atoms with Gasteiger partial charge in [0, 0.05) is 24.4 Å². The van der Waals surface area contributed by atoms with Crippen molar-refractivity contribution in [1.82, 2.24) is 9.88 Å². The molecule has 1 amide bonds. The molecule has 0 aliphatic carbocycles. The first-order chi connectivity index (χ1) is 11.6. The minimum atomic E-state index is -0.375. The van der Waals surface area contributed by atoms with E-state index in [2.05, 4.69) is 27.3 Å². The quantitative estimate of drug-likeness (QED) is 0.649. The fraction of sp³-hybridized carbons (Fsp3) is 0.294. The van der Waals surface area contributed by atoms with E-state index in [9.17, 15) is 9.59 Å². The van der Waals surface area contributed by atoms with Crippen LogP contribution in [0.3, 0.4) is 0 Å². The molecule has 3 aromatic rings. The first-order valence-electron chi connectivity index (χ1n) is 7.73. The van der Waals surface area contributed by atoms with Crippen molar-refractivity contribution in [3.8, 4) is 0 Å². The first-order valence-corrected chi connectivity index (χ1v) is 9.34. The van der Waals surface area contributed by atoms with Gasteiger partial charge in [-0.25, -0.2) is 4.79 Å². The third-order valence-electron chi connectivity index (χ3n) is 3.68. The maximum absolute atomic E-state index is 11.9. The second kappa shape index (κ2) is 7.81. The molecule has 0 aliphatic heterocycles. The highest BCUT2D eigenvalue weighted by molar-refractivity contribution is 9.11. The number of thiophene rings is 1. The molecule has 1 N–H and O–H groups in total. The van der Waals surface area contributed by atoms with Gasteiger partial charge in [-0.15, -0.1) is 11.3 Å². The number of para-hydroxylation sites is 2. The van der Waals surface area contributed by atoms with Gasteiger partial charge >= 0.3 is 5.76 Å². The van der Waals surface area contributed by atoms with E-state index in [0.29, 0.717) is 31.5 Å². The molecule has 0 unspecified atom stereocenters. The molecular formula is C17H17BrN2O3S. The van der Waals surface area contributed by atoms with Gasteiger partial charge < -0.3 is 9.73 Å². The van der Waals surface area contributed by atoms with Crippen molar-refractivity contribution in [2.75, 3.05) is 6.54 Å². The maximum atomic E-state index is 11.9. The summed E-state index contributed by atoms with van der Waals surface area (Å²) in [5.41, 5.74) is 1.35. The van der Waals surface area contributed by atoms with Gasteiger partial charge in [-0.1, -0.05) is 12.1 Å². The molecule has 1 aromatic carbocycles. The Labute approximate surface area is 151 Å². The maximum Gasteiger partial charge on any atom is 0.419 e. The number of nitrogens with one attached hydrogen (secondary N) is 1. The molecule has 2 heterocycles. The molecule has 3 rings (SSSR count). The highest BCUT2D eigenvalue weighted by atomic mass is 79.9. The zero-order chi connectivity index (χ0) is 16.9. The number of benzene rings is 1. The van der Waals surface area contributed by atoms with Gasteiger partial charge in [0.25, 0.3) is 0 Å². The van der Waals surface area contributed by atoms with Gasteiger partial charge in [-0.3, -0.25) is 9.36 Å². The van der Waals surface area contributed by atoms with Crippen LogP contribution in [0, 0.1) is 0 Å². The van der Waals surface area contributed by atoms with Crippen LogP contribution in [0.2, 0.25) is 0 Å². The number of nitrogens with zero attached hydrogens (tertiary/aromatic N) is 1. The van der Waals surface area contributed by atoms with Crippen molar-refractivity contribution in [1.29, 1.82) is 0 Å². The average molecular weight is 409 g/mol. The first kappa shape index (κ1) is 17.0. The van der Waals surface area contributed by atoms with E-state index < -0.39 is 0 Å². The number of carbonyl (C=O) groups is 1. The summed E-state index contributed by atoms with van der Waals surface area (Å²) in [6.45, 7) is 1.10. The number of carbonyl (C=O) groups excluding carboxylic acids is 1. The molecule has 0 radical (unpaired) electrons. The van der Waals surface area contributed by atoms with Crippen LogP contribution >= 0.6 is 27.3 Å². The summed E-state index contributed by atoms with van der Waals surface area (Å²) in [7, 11) is 0. The number of aromatic nitrogens is 1. The summed E-state index contributed by atoms with van der Waals surface area (Å²) >= 11 is 5.10. The molecule has 0 saturated heterocycles. The number of amides is 1. The van der Waals surface area contributed by atoms with Crippen LogP contribution in [0.4, 0.5) is 0 Å². The van der Waals surface area contributed by atoms with Crippen molar-refractivity contribution in [3.63, 3.8) is 0 Å². The molecule has 126 valence electrons. The summed E-state index contributed by atoms with van der Waals surface area (Å²) in [4.78, 5) is 25.0. The Morgan fingerprint density at radius 3 is 2.88 bits per heavy atom. The van der Waals surface area contributed by atoms with Crippen LogP contribution in [0.15, 0.2) is 49.4 Å². The lowest BCUT2D eigenvalue weighted by molar-refractivity contribution is -0.121. The molecule has 0 aliphatic rings. The third-order valence-corrected chi connectivity index (χ3v) is 5.37. The van der Waals surface area contributed by atoms with E-state index >= 15 is 0 Å². The lowest BCUT2D eigenvalue weighted by Crippen LogP contribution is -2.26. The van der Waals surface area contributed by atoms with Crippen LogP contribution in [0.1, 0.15) is 17.7 Å². The van der Waals surface area contributed by atoms with E-state index in [4.69, 9.17) is 4.42 Å². The fourth-order valence-electron chi connectivity index (χ4n) is 2.52. The van der Waals surface area contributed by atoms with Gasteiger partial charge in [0.15, 0.2) is 5.58 Å². The Morgan fingerprint density at radius 1 is 1.25 bits per heavy atom. The zero-order valence-electron chi connectivity index (χ0n) is 13.0. The van der Waals surface area contributed by atoms with Crippen LogP contribution in [0.25, 0.3) is 11.1 Å². The third kappa shape index (κ3) is 4.15. The molecule has 5 nitrogen and oxygen atoms in total. The highest BCUT2D eigenvalue weighted by Gasteiger charge is 2.09. The van der Waals surface area contributed by atoms with Crippen molar-refractivity contribution >= 4 is 44.3 Å². The summed E-state index contributed by atoms with van der Waals surface area (Å²) in [6, 6.07) is 11.4. The number of hydrogen-bond donors (Lipinski definition) is 1. The second-order valence-corrected chi connectivity index (χ2v) is 7.94. The van der Waals surface area contributed by atoms with E-state index in [-0.39, 0.29) is 11.7 Å². The molecule has 0 fully saturated rings. The largest absolute Gasteiger partial charge is 0.419 e. The van der Waals surface area contributed by atoms with Gasteiger partial charge in [0.05, 0.1) is 9.30 Å². The van der Waals surface area contributed by atoms with E-state index in [1.165, 1.54) is 4.88 Å². The second-order valence-electron chi connectivity index (χ2n) is 5.40. The number of fused-ring (bicyclic) bond motifs is 1. The number of hydrogen-bond acceptors (Lipinski definition) is 4. The van der Waals surface area contributed by atoms with Gasteiger partial charge in [-0.2, -0.15) is 0 Å². The van der Waals surface area contributed by atoms with Crippen LogP contribution < -0.4 is 11.1 Å². The Balaban J connectivity index is 1.44. The smallest absolute Gasteiger partial charge is 0.408 e. The average Bonchev–Trinajstić information content (AvgIpc) is 3.11. The summed E-state index contributed by atoms with van der Waals surface area (Å²) in [5, 5.41) is 2.91. The summed E-state index contributed by atoms with van der Waals surface area (Å²) in [5.74, 6) is -0.369. The molecule has 0 atom stereocenters. The summed E-state index contributed by atoms with van der Waals surface area (Å²) in [6.07, 6.45) is 1.81. The van der Waals surface area contributed by atoms with Gasteiger partial charge in [0.2, 0.25) is 5.91 Å². The lowest BCUT2D eigenvalue weighted by Gasteiger charge is -2.05. The normalized spacial score (nSPS) is 11.0. The Morgan fingerprint density at radius 2 is 2.08 bits per heavy atom. The van der Waals surface area contributed by atoms with Crippen LogP contribution in [0.5, 0.6) is 0 Å². The number of rotatable bonds is 7. The standard InChI is InChI=1S/C17H17BrN2O3S/c18-15-8-7-12(24-15)9-10-19-16(21)6-3-11-20-13-4-1-2-5-14(13)23-17(20)22/h1-2,4-5,7-8H,3,6,9-11H2,(H,19,21). The zero-order valence-corrected chi connectivity index (χ0v) is 15.4. The molecular weight excluding hydrogens is 392 g/mol. The number of halogens is 1. The van der Waals surface area contributed by atoms with Crippen molar-refractivity contribution < 1.29 is 9.21 Å². The Kier molecular flexibility index (Phi) is 5.52. The minimum absolute atomic E-state index is 0.00599. The topological polar surface area (TPSA) is 64.2 Å². The summed E-state index contributed by atoms with van der Waals surface area (Å²) < 4.78 is 7.85. The predicted octanol–water partition coefficient (Wildman–Crippen LogP) is 3.56. The lowest BCUT2D eigenvalue weighted by atomic mass is 10.2. The predicted molar refractivity (Wildman–Crippen MR) is 98.4 cm³/mol. The monoisotopic (exact) mass is 408 g/mol. The molecule has 0 saturated carbocycles. The van der Waals surface area contributed by atoms with Crippen molar-refractivity contribution in [2.45, 2.75) is 25.8 Å². The number of aryl methyl sites for hydroxylation is 1. The fourth-order valence-corrected chi connectivity index (χ4v) is 4.01. The van der Waals surface area contributed by atoms with Gasteiger partial charge in [-0.05, 0) is 53.0 Å². The molecule has 7 heteroatoms. The highest BCUT2D eigenvalue weighted by Crippen LogP contribution is 2.22. The SMILES string of the molecule is O=C(CCCn1c(=O)oc2ccccc21)NCCc1ccc(Br)s1. The van der Waals surface area contributed by atoms with Crippen LogP contribution in [-0.2, 0) is 17.8 Å². The van der Waals surface area contributed by atoms with Gasteiger partial charge in [0.1, 0.15) is 0 Å². The number of oxazole rings is 1. The van der Waals surface area contributed by atoms with E-state index in [0.717, 1.165) is 15.7 Å². The minimum Gasteiger partial charge on any atom is -0.408 e. The molecule has 24 heavy (non-hydrogen) atoms. The van der Waals surface area contributed by atoms with E-state index in [1.54, 1.807) is 22.0 Å². The molecule has 0 bridgehead atoms. The van der Waals surface area contributed by atoms with Crippen molar-refractivity contribution in [3.05, 3.63) is 55.6 Å². The molecule has 2 aromatic heterocycles. The van der Waals surface area contributed by atoms with E-state index in [1.807, 2.05) is 24.3 Å². The Bertz CT molecular complexity index is 897. The molecule has 0 spiro atoms.